The summed E-state index contributed by atoms with van der Waals surface area (Å²) in [7, 11) is 0. The van der Waals surface area contributed by atoms with Gasteiger partial charge in [0, 0.05) is 6.07 Å². The van der Waals surface area contributed by atoms with Gasteiger partial charge in [0.1, 0.15) is 29.0 Å². The van der Waals surface area contributed by atoms with E-state index >= 15 is 0 Å². The van der Waals surface area contributed by atoms with Crippen LogP contribution in [0.1, 0.15) is 16.7 Å². The van der Waals surface area contributed by atoms with Crippen molar-refractivity contribution in [3.05, 3.63) is 100 Å². The molecule has 0 unspecified atom stereocenters. The molecule has 1 aliphatic heterocycles. The number of amides is 1. The van der Waals surface area contributed by atoms with Crippen LogP contribution in [0.2, 0.25) is 0 Å². The Morgan fingerprint density at radius 1 is 0.833 bits per heavy atom. The first-order valence-corrected chi connectivity index (χ1v) is 10.6. The molecule has 1 aliphatic rings. The van der Waals surface area contributed by atoms with Crippen molar-refractivity contribution < 1.29 is 14.3 Å². The molecule has 1 saturated heterocycles. The Morgan fingerprint density at radius 2 is 1.37 bits per heavy atom. The van der Waals surface area contributed by atoms with Gasteiger partial charge in [-0.25, -0.2) is 0 Å². The second-order valence-electron chi connectivity index (χ2n) is 6.64. The summed E-state index contributed by atoms with van der Waals surface area (Å²) >= 11 is 6.32. The van der Waals surface area contributed by atoms with Crippen LogP contribution in [0, 0.1) is 0 Å². The summed E-state index contributed by atoms with van der Waals surface area (Å²) in [6, 6.07) is 25.6. The molecule has 1 heterocycles. The summed E-state index contributed by atoms with van der Waals surface area (Å²) < 4.78 is 12.5. The molecule has 3 aromatic rings. The van der Waals surface area contributed by atoms with Crippen molar-refractivity contribution in [2.24, 2.45) is 0 Å². The van der Waals surface area contributed by atoms with Crippen LogP contribution in [0.25, 0.3) is 6.08 Å². The van der Waals surface area contributed by atoms with Crippen LogP contribution in [0.15, 0.2) is 83.8 Å². The molecule has 30 heavy (non-hydrogen) atoms. The fraction of sp³-hybridized carbons (Fsp3) is 0.0833. The first-order valence-electron chi connectivity index (χ1n) is 9.39. The summed E-state index contributed by atoms with van der Waals surface area (Å²) in [6.07, 6.45) is 1.80. The van der Waals surface area contributed by atoms with Gasteiger partial charge in [-0.05, 0) is 34.9 Å². The Balaban J connectivity index is 1.57. The van der Waals surface area contributed by atoms with Crippen LogP contribution in [-0.2, 0) is 18.0 Å². The average Bonchev–Trinajstić information content (AvgIpc) is 3.08. The number of nitrogens with one attached hydrogen (secondary N) is 1. The van der Waals surface area contributed by atoms with Gasteiger partial charge >= 0.3 is 0 Å². The highest BCUT2D eigenvalue weighted by Gasteiger charge is 2.22. The summed E-state index contributed by atoms with van der Waals surface area (Å²) in [5, 5.41) is 2.63. The van der Waals surface area contributed by atoms with Crippen molar-refractivity contribution in [2.75, 3.05) is 0 Å². The van der Waals surface area contributed by atoms with Gasteiger partial charge in [0.15, 0.2) is 0 Å². The lowest BCUT2D eigenvalue weighted by atomic mass is 10.1. The Hall–Kier alpha value is -3.09. The van der Waals surface area contributed by atoms with Gasteiger partial charge in [0.25, 0.3) is 5.91 Å². The first kappa shape index (κ1) is 20.2. The van der Waals surface area contributed by atoms with Crippen LogP contribution >= 0.6 is 24.0 Å². The van der Waals surface area contributed by atoms with Crippen molar-refractivity contribution >= 4 is 40.3 Å². The number of carbonyl (C=O) groups excluding carboxylic acids is 1. The predicted octanol–water partition coefficient (Wildman–Crippen LogP) is 5.33. The number of thioether (sulfide) groups is 1. The van der Waals surface area contributed by atoms with Gasteiger partial charge in [-0.1, -0.05) is 84.6 Å². The van der Waals surface area contributed by atoms with E-state index < -0.39 is 0 Å². The van der Waals surface area contributed by atoms with Gasteiger partial charge < -0.3 is 14.8 Å². The van der Waals surface area contributed by atoms with Crippen molar-refractivity contribution in [3.63, 3.8) is 0 Å². The molecule has 3 aromatic carbocycles. The standard InChI is InChI=1S/C24H19NO3S2/c26-23-22(30-24(29)25-23)13-19-11-20(27-15-17-7-3-1-4-8-17)14-21(12-19)28-16-18-9-5-2-6-10-18/h1-14H,15-16H2,(H,25,26,29)/b22-13+. The van der Waals surface area contributed by atoms with Crippen molar-refractivity contribution in [3.8, 4) is 11.5 Å². The predicted molar refractivity (Wildman–Crippen MR) is 124 cm³/mol. The molecular weight excluding hydrogens is 414 g/mol. The fourth-order valence-corrected chi connectivity index (χ4v) is 3.94. The monoisotopic (exact) mass is 433 g/mol. The van der Waals surface area contributed by atoms with Gasteiger partial charge in [-0.2, -0.15) is 0 Å². The van der Waals surface area contributed by atoms with Crippen LogP contribution in [0.5, 0.6) is 11.5 Å². The maximum Gasteiger partial charge on any atom is 0.263 e. The highest BCUT2D eigenvalue weighted by molar-refractivity contribution is 8.26. The number of benzene rings is 3. The van der Waals surface area contributed by atoms with E-state index in [1.807, 2.05) is 78.9 Å². The summed E-state index contributed by atoms with van der Waals surface area (Å²) in [6.45, 7) is 0.886. The van der Waals surface area contributed by atoms with Gasteiger partial charge in [-0.3, -0.25) is 4.79 Å². The Morgan fingerprint density at radius 3 is 1.83 bits per heavy atom. The van der Waals surface area contributed by atoms with E-state index in [2.05, 4.69) is 5.32 Å². The zero-order chi connectivity index (χ0) is 20.8. The molecule has 1 amide bonds. The molecule has 150 valence electrons. The third kappa shape index (κ3) is 5.49. The molecular formula is C24H19NO3S2. The van der Waals surface area contributed by atoms with E-state index in [0.717, 1.165) is 16.7 Å². The number of carbonyl (C=O) groups is 1. The molecule has 0 aliphatic carbocycles. The second-order valence-corrected chi connectivity index (χ2v) is 8.36. The number of hydrogen-bond donors (Lipinski definition) is 1. The quantitative estimate of drug-likeness (QED) is 0.403. The molecule has 6 heteroatoms. The highest BCUT2D eigenvalue weighted by atomic mass is 32.2. The number of ether oxygens (including phenoxy) is 2. The van der Waals surface area contributed by atoms with Crippen LogP contribution in [0.3, 0.4) is 0 Å². The zero-order valence-electron chi connectivity index (χ0n) is 16.0. The van der Waals surface area contributed by atoms with Crippen molar-refractivity contribution in [1.82, 2.24) is 5.32 Å². The van der Waals surface area contributed by atoms with E-state index in [1.165, 1.54) is 11.8 Å². The Labute approximate surface area is 184 Å². The normalized spacial score (nSPS) is 14.6. The molecule has 1 fully saturated rings. The minimum atomic E-state index is -0.188. The molecule has 0 radical (unpaired) electrons. The number of rotatable bonds is 7. The average molecular weight is 434 g/mol. The smallest absolute Gasteiger partial charge is 0.263 e. The van der Waals surface area contributed by atoms with Crippen molar-refractivity contribution in [2.45, 2.75) is 13.2 Å². The number of thiocarbonyl (C=S) groups is 1. The summed E-state index contributed by atoms with van der Waals surface area (Å²) in [5.41, 5.74) is 2.96. The maximum absolute atomic E-state index is 12.0. The first-order chi connectivity index (χ1) is 14.7. The molecule has 0 spiro atoms. The lowest BCUT2D eigenvalue weighted by molar-refractivity contribution is -0.115. The third-order valence-corrected chi connectivity index (χ3v) is 5.50. The zero-order valence-corrected chi connectivity index (χ0v) is 17.7. The summed E-state index contributed by atoms with van der Waals surface area (Å²) in [4.78, 5) is 12.6. The highest BCUT2D eigenvalue weighted by Crippen LogP contribution is 2.30. The lowest BCUT2D eigenvalue weighted by Gasteiger charge is -2.12. The second kappa shape index (κ2) is 9.61. The Kier molecular flexibility index (Phi) is 6.47. The molecule has 0 atom stereocenters. The fourth-order valence-electron chi connectivity index (χ4n) is 2.90. The SMILES string of the molecule is O=C1NC(=S)S/C1=C/c1cc(OCc2ccccc2)cc(OCc2ccccc2)c1. The Bertz CT molecular complexity index is 1020. The van der Waals surface area contributed by atoms with Crippen molar-refractivity contribution in [1.29, 1.82) is 0 Å². The van der Waals surface area contributed by atoms with E-state index in [9.17, 15) is 4.79 Å². The van der Waals surface area contributed by atoms with E-state index in [1.54, 1.807) is 6.08 Å². The van der Waals surface area contributed by atoms with Crippen LogP contribution in [0.4, 0.5) is 0 Å². The van der Waals surface area contributed by atoms with E-state index in [4.69, 9.17) is 21.7 Å². The lowest BCUT2D eigenvalue weighted by Crippen LogP contribution is -2.17. The maximum atomic E-state index is 12.0. The molecule has 4 nitrogen and oxygen atoms in total. The largest absolute Gasteiger partial charge is 0.489 e. The van der Waals surface area contributed by atoms with Crippen LogP contribution in [-0.4, -0.2) is 10.2 Å². The topological polar surface area (TPSA) is 47.6 Å². The van der Waals surface area contributed by atoms with Gasteiger partial charge in [0.2, 0.25) is 0 Å². The van der Waals surface area contributed by atoms with E-state index in [-0.39, 0.29) is 5.91 Å². The molecule has 1 N–H and O–H groups in total. The van der Waals surface area contributed by atoms with E-state index in [0.29, 0.717) is 33.9 Å². The minimum absolute atomic E-state index is 0.188. The molecule has 0 saturated carbocycles. The third-order valence-electron chi connectivity index (χ3n) is 4.34. The summed E-state index contributed by atoms with van der Waals surface area (Å²) in [5.74, 6) is 1.15. The van der Waals surface area contributed by atoms with Gasteiger partial charge in [0.05, 0.1) is 4.91 Å². The van der Waals surface area contributed by atoms with Gasteiger partial charge in [-0.15, -0.1) is 0 Å². The number of hydrogen-bond acceptors (Lipinski definition) is 5. The molecule has 4 rings (SSSR count). The molecule has 0 aromatic heterocycles. The minimum Gasteiger partial charge on any atom is -0.489 e. The molecule has 0 bridgehead atoms. The van der Waals surface area contributed by atoms with Crippen LogP contribution < -0.4 is 14.8 Å².